The normalized spacial score (nSPS) is 16.6. The first-order valence-corrected chi connectivity index (χ1v) is 8.12. The molecule has 1 fully saturated rings. The van der Waals surface area contributed by atoms with Crippen LogP contribution in [0.3, 0.4) is 0 Å². The molecule has 0 saturated carbocycles. The first-order valence-electron chi connectivity index (χ1n) is 8.12. The molecule has 132 valence electrons. The van der Waals surface area contributed by atoms with Crippen molar-refractivity contribution in [3.63, 3.8) is 0 Å². The van der Waals surface area contributed by atoms with Gasteiger partial charge in [-0.3, -0.25) is 4.79 Å². The number of rotatable bonds is 6. The Hall–Kier alpha value is -2.83. The highest BCUT2D eigenvalue weighted by Crippen LogP contribution is 2.24. The van der Waals surface area contributed by atoms with Crippen LogP contribution in [0.4, 0.5) is 0 Å². The lowest BCUT2D eigenvalue weighted by molar-refractivity contribution is -0.129. The van der Waals surface area contributed by atoms with E-state index >= 15 is 0 Å². The van der Waals surface area contributed by atoms with E-state index in [1.807, 2.05) is 29.2 Å². The Labute approximate surface area is 146 Å². The predicted molar refractivity (Wildman–Crippen MR) is 90.9 cm³/mol. The van der Waals surface area contributed by atoms with E-state index in [2.05, 4.69) is 9.97 Å². The minimum atomic E-state index is -0.111. The van der Waals surface area contributed by atoms with Crippen molar-refractivity contribution in [2.24, 2.45) is 0 Å². The van der Waals surface area contributed by atoms with Gasteiger partial charge in [-0.15, -0.1) is 0 Å². The summed E-state index contributed by atoms with van der Waals surface area (Å²) in [5.74, 6) is 1.54. The zero-order valence-electron chi connectivity index (χ0n) is 14.3. The molecule has 2 aromatic rings. The van der Waals surface area contributed by atoms with Gasteiger partial charge >= 0.3 is 0 Å². The molecule has 25 heavy (non-hydrogen) atoms. The number of benzene rings is 1. The molecule has 1 saturated heterocycles. The van der Waals surface area contributed by atoms with Crippen LogP contribution in [0.25, 0.3) is 0 Å². The SMILES string of the molecule is COc1cccc(CC(=O)N2CC[C@H](Oc3nccnc3OC)C2)c1. The molecule has 1 amide bonds. The maximum absolute atomic E-state index is 12.5. The van der Waals surface area contributed by atoms with Gasteiger partial charge in [0.15, 0.2) is 0 Å². The van der Waals surface area contributed by atoms with Crippen LogP contribution in [-0.4, -0.2) is 54.2 Å². The maximum atomic E-state index is 12.5. The molecule has 1 aliphatic heterocycles. The molecule has 2 heterocycles. The van der Waals surface area contributed by atoms with Crippen LogP contribution in [0.5, 0.6) is 17.5 Å². The van der Waals surface area contributed by atoms with Crippen molar-refractivity contribution in [2.75, 3.05) is 27.3 Å². The predicted octanol–water partition coefficient (Wildman–Crippen LogP) is 1.72. The number of likely N-dealkylation sites (tertiary alicyclic amines) is 1. The van der Waals surface area contributed by atoms with Crippen molar-refractivity contribution in [3.8, 4) is 17.5 Å². The Morgan fingerprint density at radius 2 is 2.00 bits per heavy atom. The topological polar surface area (TPSA) is 73.8 Å². The summed E-state index contributed by atoms with van der Waals surface area (Å²) in [7, 11) is 3.14. The smallest absolute Gasteiger partial charge is 0.278 e. The van der Waals surface area contributed by atoms with Crippen molar-refractivity contribution < 1.29 is 19.0 Å². The van der Waals surface area contributed by atoms with Gasteiger partial charge in [-0.25, -0.2) is 9.97 Å². The van der Waals surface area contributed by atoms with Gasteiger partial charge in [0.25, 0.3) is 11.8 Å². The monoisotopic (exact) mass is 343 g/mol. The average molecular weight is 343 g/mol. The quantitative estimate of drug-likeness (QED) is 0.795. The van der Waals surface area contributed by atoms with E-state index in [4.69, 9.17) is 14.2 Å². The van der Waals surface area contributed by atoms with Crippen LogP contribution in [0.15, 0.2) is 36.7 Å². The van der Waals surface area contributed by atoms with E-state index in [0.717, 1.165) is 17.7 Å². The number of hydrogen-bond donors (Lipinski definition) is 0. The first kappa shape index (κ1) is 17.0. The van der Waals surface area contributed by atoms with Gasteiger partial charge in [0, 0.05) is 25.4 Å². The molecule has 0 bridgehead atoms. The highest BCUT2D eigenvalue weighted by atomic mass is 16.5. The summed E-state index contributed by atoms with van der Waals surface area (Å²) in [4.78, 5) is 22.5. The number of amides is 1. The van der Waals surface area contributed by atoms with Crippen molar-refractivity contribution in [1.29, 1.82) is 0 Å². The van der Waals surface area contributed by atoms with Crippen LogP contribution in [-0.2, 0) is 11.2 Å². The number of nitrogens with zero attached hydrogens (tertiary/aromatic N) is 3. The average Bonchev–Trinajstić information content (AvgIpc) is 3.11. The molecule has 3 rings (SSSR count). The Balaban J connectivity index is 1.57. The third-order valence-electron chi connectivity index (χ3n) is 4.09. The van der Waals surface area contributed by atoms with Gasteiger partial charge in [-0.2, -0.15) is 0 Å². The summed E-state index contributed by atoms with van der Waals surface area (Å²) >= 11 is 0. The number of carbonyl (C=O) groups is 1. The summed E-state index contributed by atoms with van der Waals surface area (Å²) in [5, 5.41) is 0. The lowest BCUT2D eigenvalue weighted by Gasteiger charge is -2.17. The summed E-state index contributed by atoms with van der Waals surface area (Å²) in [6.45, 7) is 1.19. The molecular weight excluding hydrogens is 322 g/mol. The molecule has 1 atom stereocenters. The Kier molecular flexibility index (Phi) is 5.33. The minimum absolute atomic E-state index is 0.0745. The highest BCUT2D eigenvalue weighted by Gasteiger charge is 2.28. The number of aromatic nitrogens is 2. The van der Waals surface area contributed by atoms with Crippen LogP contribution in [0, 0.1) is 0 Å². The second-order valence-corrected chi connectivity index (χ2v) is 5.77. The molecule has 0 aliphatic carbocycles. The molecule has 0 N–H and O–H groups in total. The third-order valence-corrected chi connectivity index (χ3v) is 4.09. The molecule has 7 heteroatoms. The second-order valence-electron chi connectivity index (χ2n) is 5.77. The van der Waals surface area contributed by atoms with Gasteiger partial charge in [-0.1, -0.05) is 12.1 Å². The van der Waals surface area contributed by atoms with Crippen LogP contribution in [0.1, 0.15) is 12.0 Å². The Morgan fingerprint density at radius 3 is 2.76 bits per heavy atom. The molecule has 7 nitrogen and oxygen atoms in total. The number of carbonyl (C=O) groups excluding carboxylic acids is 1. The second kappa shape index (κ2) is 7.83. The fraction of sp³-hybridized carbons (Fsp3) is 0.389. The van der Waals surface area contributed by atoms with E-state index in [-0.39, 0.29) is 12.0 Å². The molecule has 1 aromatic carbocycles. The molecule has 0 unspecified atom stereocenters. The zero-order valence-corrected chi connectivity index (χ0v) is 14.3. The van der Waals surface area contributed by atoms with E-state index in [1.54, 1.807) is 19.5 Å². The van der Waals surface area contributed by atoms with Gasteiger partial charge in [0.1, 0.15) is 11.9 Å². The van der Waals surface area contributed by atoms with Crippen molar-refractivity contribution in [1.82, 2.24) is 14.9 Å². The fourth-order valence-electron chi connectivity index (χ4n) is 2.81. The molecule has 1 aliphatic rings. The van der Waals surface area contributed by atoms with Crippen LogP contribution in [0.2, 0.25) is 0 Å². The molecule has 0 radical (unpaired) electrons. The van der Waals surface area contributed by atoms with Gasteiger partial charge in [0.05, 0.1) is 27.2 Å². The van der Waals surface area contributed by atoms with Gasteiger partial charge in [-0.05, 0) is 17.7 Å². The summed E-state index contributed by atoms with van der Waals surface area (Å²) in [6.07, 6.45) is 4.09. The standard InChI is InChI=1S/C18H21N3O4/c1-23-14-5-3-4-13(10-14)11-16(22)21-9-6-15(12-21)25-18-17(24-2)19-7-8-20-18/h3-5,7-8,10,15H,6,9,11-12H2,1-2H3/t15-/m0/s1. The van der Waals surface area contributed by atoms with Gasteiger partial charge in [0.2, 0.25) is 5.91 Å². The Morgan fingerprint density at radius 1 is 1.20 bits per heavy atom. The number of hydrogen-bond acceptors (Lipinski definition) is 6. The lowest BCUT2D eigenvalue weighted by Crippen LogP contribution is -2.32. The summed E-state index contributed by atoms with van der Waals surface area (Å²) in [6, 6.07) is 7.56. The van der Waals surface area contributed by atoms with E-state index in [1.165, 1.54) is 7.11 Å². The largest absolute Gasteiger partial charge is 0.497 e. The highest BCUT2D eigenvalue weighted by molar-refractivity contribution is 5.79. The van der Waals surface area contributed by atoms with E-state index in [0.29, 0.717) is 31.3 Å². The molecule has 1 aromatic heterocycles. The van der Waals surface area contributed by atoms with Crippen LogP contribution >= 0.6 is 0 Å². The number of methoxy groups -OCH3 is 2. The summed E-state index contributed by atoms with van der Waals surface area (Å²) in [5.41, 5.74) is 0.935. The Bertz CT molecular complexity index is 738. The molecule has 0 spiro atoms. The fourth-order valence-corrected chi connectivity index (χ4v) is 2.81. The van der Waals surface area contributed by atoms with E-state index in [9.17, 15) is 4.79 Å². The van der Waals surface area contributed by atoms with Crippen molar-refractivity contribution >= 4 is 5.91 Å². The minimum Gasteiger partial charge on any atom is -0.497 e. The zero-order chi connectivity index (χ0) is 17.6. The first-order chi connectivity index (χ1) is 12.2. The third kappa shape index (κ3) is 4.17. The molecular formula is C18H21N3O4. The summed E-state index contributed by atoms with van der Waals surface area (Å²) < 4.78 is 16.2. The van der Waals surface area contributed by atoms with Gasteiger partial charge < -0.3 is 19.1 Å². The number of ether oxygens (including phenoxy) is 3. The lowest BCUT2D eigenvalue weighted by atomic mass is 10.1. The van der Waals surface area contributed by atoms with Crippen molar-refractivity contribution in [3.05, 3.63) is 42.2 Å². The van der Waals surface area contributed by atoms with Crippen LogP contribution < -0.4 is 14.2 Å². The maximum Gasteiger partial charge on any atom is 0.278 e. The van der Waals surface area contributed by atoms with Crippen molar-refractivity contribution in [2.45, 2.75) is 18.9 Å². The van der Waals surface area contributed by atoms with E-state index < -0.39 is 0 Å².